The van der Waals surface area contributed by atoms with Crippen LogP contribution in [0.1, 0.15) is 0 Å². The molecule has 0 N–H and O–H groups in total. The van der Waals surface area contributed by atoms with Crippen molar-refractivity contribution in [3.8, 4) is 11.1 Å². The molecule has 0 saturated heterocycles. The van der Waals surface area contributed by atoms with E-state index in [1.165, 1.54) is 31.3 Å². The van der Waals surface area contributed by atoms with E-state index in [0.29, 0.717) is 0 Å². The van der Waals surface area contributed by atoms with Gasteiger partial charge >= 0.3 is 0 Å². The predicted octanol–water partition coefficient (Wildman–Crippen LogP) is 10.5. The number of hydrogen-bond donors (Lipinski definition) is 0. The first-order valence-corrected chi connectivity index (χ1v) is 13.8. The molecule has 0 atom stereocenters. The number of pyridine rings is 1. The largest absolute Gasteiger partial charge is 0.454 e. The summed E-state index contributed by atoms with van der Waals surface area (Å²) in [5.41, 5.74) is 8.15. The number of fused-ring (bicyclic) bond motifs is 6. The molecule has 0 spiro atoms. The van der Waals surface area contributed by atoms with Gasteiger partial charge in [-0.15, -0.1) is 11.3 Å². The molecule has 0 bridgehead atoms. The van der Waals surface area contributed by atoms with E-state index in [9.17, 15) is 0 Å². The molecule has 39 heavy (non-hydrogen) atoms. The molecule has 5 aromatic carbocycles. The molecule has 3 heterocycles. The summed E-state index contributed by atoms with van der Waals surface area (Å²) in [6.07, 6.45) is 1.81. The lowest BCUT2D eigenvalue weighted by molar-refractivity contribution is 0.668. The van der Waals surface area contributed by atoms with Crippen LogP contribution in [-0.4, -0.2) is 4.98 Å². The fourth-order valence-corrected chi connectivity index (χ4v) is 6.60. The molecule has 3 nitrogen and oxygen atoms in total. The minimum absolute atomic E-state index is 0.801. The van der Waals surface area contributed by atoms with Crippen molar-refractivity contribution in [3.63, 3.8) is 0 Å². The molecule has 0 aliphatic carbocycles. The maximum Gasteiger partial charge on any atom is 0.153 e. The van der Waals surface area contributed by atoms with Crippen LogP contribution in [0.3, 0.4) is 0 Å². The highest BCUT2D eigenvalue weighted by Crippen LogP contribution is 2.42. The van der Waals surface area contributed by atoms with Gasteiger partial charge in [-0.05, 0) is 65.7 Å². The number of furan rings is 1. The summed E-state index contributed by atoms with van der Waals surface area (Å²) in [6.45, 7) is 0. The van der Waals surface area contributed by atoms with Gasteiger partial charge in [0.05, 0.1) is 0 Å². The Labute approximate surface area is 229 Å². The molecule has 0 unspecified atom stereocenters. The molecule has 3 aromatic heterocycles. The molecule has 8 rings (SSSR count). The average molecular weight is 519 g/mol. The van der Waals surface area contributed by atoms with Crippen molar-refractivity contribution < 1.29 is 4.42 Å². The van der Waals surface area contributed by atoms with Crippen molar-refractivity contribution in [1.82, 2.24) is 4.98 Å². The van der Waals surface area contributed by atoms with Crippen LogP contribution in [0, 0.1) is 0 Å². The summed E-state index contributed by atoms with van der Waals surface area (Å²) in [5.74, 6) is 0. The Kier molecular flexibility index (Phi) is 5.00. The lowest BCUT2D eigenvalue weighted by Crippen LogP contribution is -2.09. The quantitative estimate of drug-likeness (QED) is 0.232. The first kappa shape index (κ1) is 22.1. The second kappa shape index (κ2) is 8.83. The molecular formula is C35H22N2OS. The van der Waals surface area contributed by atoms with Crippen LogP contribution >= 0.6 is 11.3 Å². The predicted molar refractivity (Wildman–Crippen MR) is 165 cm³/mol. The Balaban J connectivity index is 1.31. The molecule has 0 fully saturated rings. The number of aromatic nitrogens is 1. The van der Waals surface area contributed by atoms with Crippen molar-refractivity contribution in [2.24, 2.45) is 0 Å². The lowest BCUT2D eigenvalue weighted by Gasteiger charge is -2.25. The zero-order chi connectivity index (χ0) is 25.8. The highest BCUT2D eigenvalue weighted by Gasteiger charge is 2.17. The maximum absolute atomic E-state index is 6.21. The van der Waals surface area contributed by atoms with E-state index in [2.05, 4.69) is 119 Å². The molecule has 8 aromatic rings. The summed E-state index contributed by atoms with van der Waals surface area (Å²) in [4.78, 5) is 6.85. The van der Waals surface area contributed by atoms with Gasteiger partial charge in [-0.25, -0.2) is 0 Å². The second-order valence-electron chi connectivity index (χ2n) is 9.66. The van der Waals surface area contributed by atoms with Crippen LogP contribution in [0.5, 0.6) is 0 Å². The molecule has 184 valence electrons. The summed E-state index contributed by atoms with van der Waals surface area (Å²) in [5, 5.41) is 3.62. The monoisotopic (exact) mass is 518 g/mol. The van der Waals surface area contributed by atoms with Gasteiger partial charge in [-0.1, -0.05) is 66.7 Å². The number of thiophene rings is 1. The lowest BCUT2D eigenvalue weighted by atomic mass is 10.0. The number of hydrogen-bond acceptors (Lipinski definition) is 4. The number of anilines is 3. The third-order valence-corrected chi connectivity index (χ3v) is 8.46. The smallest absolute Gasteiger partial charge is 0.153 e. The van der Waals surface area contributed by atoms with Gasteiger partial charge in [-0.3, -0.25) is 4.98 Å². The summed E-state index contributed by atoms with van der Waals surface area (Å²) < 4.78 is 8.79. The van der Waals surface area contributed by atoms with E-state index in [0.717, 1.165) is 39.1 Å². The van der Waals surface area contributed by atoms with Crippen molar-refractivity contribution in [2.45, 2.75) is 0 Å². The zero-order valence-electron chi connectivity index (χ0n) is 20.9. The van der Waals surface area contributed by atoms with E-state index < -0.39 is 0 Å². The first-order valence-electron chi connectivity index (χ1n) is 13.0. The second-order valence-corrected chi connectivity index (χ2v) is 10.7. The topological polar surface area (TPSA) is 29.3 Å². The van der Waals surface area contributed by atoms with Crippen molar-refractivity contribution in [2.75, 3.05) is 4.90 Å². The zero-order valence-corrected chi connectivity index (χ0v) is 21.7. The first-order chi connectivity index (χ1) is 19.3. The van der Waals surface area contributed by atoms with Crippen molar-refractivity contribution in [3.05, 3.63) is 134 Å². The normalized spacial score (nSPS) is 11.6. The fourth-order valence-electron chi connectivity index (χ4n) is 5.46. The van der Waals surface area contributed by atoms with E-state index in [1.807, 2.05) is 35.7 Å². The Hall–Kier alpha value is -4.93. The van der Waals surface area contributed by atoms with E-state index in [-0.39, 0.29) is 0 Å². The Morgan fingerprint density at radius 2 is 1.21 bits per heavy atom. The molecule has 0 aliphatic heterocycles. The third kappa shape index (κ3) is 3.69. The highest BCUT2D eigenvalue weighted by atomic mass is 32.1. The number of benzene rings is 5. The molecule has 0 saturated carbocycles. The average Bonchev–Trinajstić information content (AvgIpc) is 3.56. The minimum atomic E-state index is 0.801. The maximum atomic E-state index is 6.21. The van der Waals surface area contributed by atoms with E-state index >= 15 is 0 Å². The van der Waals surface area contributed by atoms with Crippen LogP contribution in [0.2, 0.25) is 0 Å². The Morgan fingerprint density at radius 3 is 2.08 bits per heavy atom. The molecular weight excluding hydrogens is 496 g/mol. The summed E-state index contributed by atoms with van der Waals surface area (Å²) in [7, 11) is 0. The van der Waals surface area contributed by atoms with Crippen LogP contribution in [-0.2, 0) is 0 Å². The molecule has 4 heteroatoms. The van der Waals surface area contributed by atoms with Gasteiger partial charge < -0.3 is 9.32 Å². The standard InChI is InChI=1S/C35H22N2OS/c1-2-7-23(8-3-1)24-12-14-25(15-13-24)37(26-17-19-30-32(21-26)38-31-10-6-20-36-35(30)31)27-16-18-29-28-9-4-5-11-33(28)39-34(29)22-27/h1-22H. The van der Waals surface area contributed by atoms with Gasteiger partial charge in [0, 0.05) is 54.9 Å². The minimum Gasteiger partial charge on any atom is -0.454 e. The Morgan fingerprint density at radius 1 is 0.513 bits per heavy atom. The fraction of sp³-hybridized carbons (Fsp3) is 0. The highest BCUT2D eigenvalue weighted by molar-refractivity contribution is 7.25. The van der Waals surface area contributed by atoms with Gasteiger partial charge in [-0.2, -0.15) is 0 Å². The van der Waals surface area contributed by atoms with Gasteiger partial charge in [0.2, 0.25) is 0 Å². The number of nitrogens with zero attached hydrogens (tertiary/aromatic N) is 2. The summed E-state index contributed by atoms with van der Waals surface area (Å²) in [6, 6.07) is 44.9. The Bertz CT molecular complexity index is 2010. The van der Waals surface area contributed by atoms with E-state index in [1.54, 1.807) is 0 Å². The van der Waals surface area contributed by atoms with Crippen molar-refractivity contribution in [1.29, 1.82) is 0 Å². The van der Waals surface area contributed by atoms with E-state index in [4.69, 9.17) is 4.42 Å². The van der Waals surface area contributed by atoms with Crippen LogP contribution in [0.4, 0.5) is 17.1 Å². The molecule has 0 aliphatic rings. The van der Waals surface area contributed by atoms with Crippen LogP contribution < -0.4 is 4.90 Å². The van der Waals surface area contributed by atoms with Gasteiger partial charge in [0.1, 0.15) is 11.1 Å². The third-order valence-electron chi connectivity index (χ3n) is 7.32. The SMILES string of the molecule is c1ccc(-c2ccc(N(c3ccc4c(c3)oc3cccnc34)c3ccc4c(c3)sc3ccccc34)cc2)cc1. The number of rotatable bonds is 4. The van der Waals surface area contributed by atoms with Crippen LogP contribution in [0.25, 0.3) is 53.4 Å². The van der Waals surface area contributed by atoms with Gasteiger partial charge in [0.25, 0.3) is 0 Å². The summed E-state index contributed by atoms with van der Waals surface area (Å²) >= 11 is 1.84. The molecule has 0 amide bonds. The molecule has 0 radical (unpaired) electrons. The van der Waals surface area contributed by atoms with Gasteiger partial charge in [0.15, 0.2) is 5.58 Å². The van der Waals surface area contributed by atoms with Crippen molar-refractivity contribution >= 4 is 70.6 Å². The van der Waals surface area contributed by atoms with Crippen LogP contribution in [0.15, 0.2) is 138 Å².